The smallest absolute Gasteiger partial charge is 0.124 e. The van der Waals surface area contributed by atoms with Crippen molar-refractivity contribution in [3.8, 4) is 39.8 Å². The Hall–Kier alpha value is -4.74. The molecule has 0 amide bonds. The molecule has 3 heterocycles. The Kier molecular flexibility index (Phi) is 7.36. The minimum Gasteiger partial charge on any atom is -0.504 e. The van der Waals surface area contributed by atoms with E-state index in [0.717, 1.165) is 39.6 Å². The van der Waals surface area contributed by atoms with Gasteiger partial charge in [0.05, 0.1) is 11.4 Å². The molecule has 0 radical (unpaired) electrons. The fraction of sp³-hybridized carbons (Fsp3) is 0.0303. The van der Waals surface area contributed by atoms with Crippen LogP contribution in [0.25, 0.3) is 28.2 Å². The van der Waals surface area contributed by atoms with Gasteiger partial charge in [-0.05, 0) is 43.1 Å². The molecule has 0 aliphatic carbocycles. The largest absolute Gasteiger partial charge is 0.504 e. The van der Waals surface area contributed by atoms with Gasteiger partial charge in [-0.25, -0.2) is 4.68 Å². The number of benzene rings is 4. The summed E-state index contributed by atoms with van der Waals surface area (Å²) in [5.74, 6) is 0.858. The average molecular weight is 715 g/mol. The quantitative estimate of drug-likeness (QED) is 0.172. The molecule has 41 heavy (non-hydrogen) atoms. The number of ether oxygens (including phenoxy) is 1. The van der Waals surface area contributed by atoms with Gasteiger partial charge >= 0.3 is 0 Å². The van der Waals surface area contributed by atoms with Gasteiger partial charge < -0.3 is 14.5 Å². The van der Waals surface area contributed by atoms with E-state index in [1.165, 1.54) is 0 Å². The Balaban J connectivity index is 0.00000302. The molecule has 204 valence electrons. The zero-order chi connectivity index (χ0) is 26.9. The van der Waals surface area contributed by atoms with Gasteiger partial charge in [-0.1, -0.05) is 71.9 Å². The van der Waals surface area contributed by atoms with Gasteiger partial charge in [-0.15, -0.1) is 23.8 Å². The Morgan fingerprint density at radius 1 is 0.756 bits per heavy atom. The third-order valence-corrected chi connectivity index (χ3v) is 6.68. The zero-order valence-corrected chi connectivity index (χ0v) is 24.2. The summed E-state index contributed by atoms with van der Waals surface area (Å²) in [6.07, 6.45) is 1.72. The van der Waals surface area contributed by atoms with E-state index >= 15 is 0 Å². The van der Waals surface area contributed by atoms with Crippen LogP contribution < -0.4 is 14.5 Å². The standard InChI is InChI=1S/C33H23N6O.Pt/c1-37-23-38(30-18-9-8-17-29(30)37)27-19-20-34-31(22-27)40-28-16-10-13-25(21-28)32-33(24-11-4-2-5-12-24)39(36-35-32)26-14-6-3-7-15-26;/h2-20,23H,1H3;/q-3;. The summed E-state index contributed by atoms with van der Waals surface area (Å²) in [5, 5.41) is 9.08. The van der Waals surface area contributed by atoms with Crippen molar-refractivity contribution in [1.29, 1.82) is 0 Å². The SMILES string of the molecule is CN1[CH-]N(c2[c-]c(Oc3[c-]c(-c4nnn(-c5ccccc5)c4-c4ccccc4)ccc3)ncc2)c2ccccc21.[Pt]. The van der Waals surface area contributed by atoms with Crippen LogP contribution in [-0.2, 0) is 21.1 Å². The van der Waals surface area contributed by atoms with Crippen molar-refractivity contribution in [3.63, 3.8) is 0 Å². The number of rotatable bonds is 6. The molecule has 7 rings (SSSR count). The third-order valence-electron chi connectivity index (χ3n) is 6.68. The summed E-state index contributed by atoms with van der Waals surface area (Å²) in [7, 11) is 2.02. The molecule has 0 bridgehead atoms. The number of nitrogens with zero attached hydrogens (tertiary/aromatic N) is 6. The number of aromatic nitrogens is 4. The summed E-state index contributed by atoms with van der Waals surface area (Å²) in [6.45, 7) is 2.02. The van der Waals surface area contributed by atoms with E-state index in [1.54, 1.807) is 6.20 Å². The third kappa shape index (κ3) is 5.12. The summed E-state index contributed by atoms with van der Waals surface area (Å²) in [5.41, 5.74) is 7.29. The van der Waals surface area contributed by atoms with E-state index in [-0.39, 0.29) is 21.1 Å². The maximum Gasteiger partial charge on any atom is 0.124 e. The maximum atomic E-state index is 6.16. The molecule has 2 aromatic heterocycles. The summed E-state index contributed by atoms with van der Waals surface area (Å²) < 4.78 is 8.01. The first kappa shape index (κ1) is 26.5. The van der Waals surface area contributed by atoms with Crippen LogP contribution in [0.1, 0.15) is 0 Å². The van der Waals surface area contributed by atoms with Crippen LogP contribution in [0.15, 0.2) is 115 Å². The Labute approximate surface area is 252 Å². The molecule has 7 nitrogen and oxygen atoms in total. The summed E-state index contributed by atoms with van der Waals surface area (Å²) in [6, 6.07) is 42.6. The Morgan fingerprint density at radius 2 is 1.49 bits per heavy atom. The fourth-order valence-electron chi connectivity index (χ4n) is 4.83. The normalized spacial score (nSPS) is 12.1. The van der Waals surface area contributed by atoms with Crippen LogP contribution >= 0.6 is 0 Å². The number of pyridine rings is 1. The molecule has 8 heteroatoms. The van der Waals surface area contributed by atoms with Gasteiger partial charge in [-0.2, -0.15) is 29.6 Å². The minimum atomic E-state index is 0. The first-order chi connectivity index (χ1) is 19.7. The van der Waals surface area contributed by atoms with Gasteiger partial charge in [0.25, 0.3) is 0 Å². The molecule has 0 unspecified atom stereocenters. The predicted octanol–water partition coefficient (Wildman–Crippen LogP) is 7.09. The molecule has 0 saturated carbocycles. The number of anilines is 3. The van der Waals surface area contributed by atoms with E-state index in [4.69, 9.17) is 4.74 Å². The summed E-state index contributed by atoms with van der Waals surface area (Å²) >= 11 is 0. The van der Waals surface area contributed by atoms with Crippen LogP contribution in [-0.4, -0.2) is 27.0 Å². The molecule has 0 saturated heterocycles. The van der Waals surface area contributed by atoms with E-state index in [2.05, 4.69) is 61.5 Å². The van der Waals surface area contributed by atoms with E-state index < -0.39 is 0 Å². The van der Waals surface area contributed by atoms with Crippen molar-refractivity contribution in [2.45, 2.75) is 0 Å². The van der Waals surface area contributed by atoms with Gasteiger partial charge in [0, 0.05) is 43.9 Å². The number of para-hydroxylation sites is 3. The Morgan fingerprint density at radius 3 is 2.29 bits per heavy atom. The maximum absolute atomic E-state index is 6.16. The van der Waals surface area contributed by atoms with Crippen molar-refractivity contribution >= 4 is 17.1 Å². The van der Waals surface area contributed by atoms with E-state index in [1.807, 2.05) is 103 Å². The molecule has 0 fully saturated rings. The second kappa shape index (κ2) is 11.4. The average Bonchev–Trinajstić information content (AvgIpc) is 3.60. The second-order valence-electron chi connectivity index (χ2n) is 9.28. The first-order valence-corrected chi connectivity index (χ1v) is 12.9. The van der Waals surface area contributed by atoms with Crippen LogP contribution in [0.4, 0.5) is 17.1 Å². The summed E-state index contributed by atoms with van der Waals surface area (Å²) in [4.78, 5) is 8.55. The van der Waals surface area contributed by atoms with Gasteiger partial charge in [0.2, 0.25) is 0 Å². The molecule has 0 atom stereocenters. The first-order valence-electron chi connectivity index (χ1n) is 12.9. The van der Waals surface area contributed by atoms with Crippen molar-refractivity contribution < 1.29 is 25.8 Å². The molecule has 0 spiro atoms. The predicted molar refractivity (Wildman–Crippen MR) is 155 cm³/mol. The topological polar surface area (TPSA) is 59.3 Å². The van der Waals surface area contributed by atoms with Crippen molar-refractivity contribution in [2.24, 2.45) is 0 Å². The van der Waals surface area contributed by atoms with E-state index in [0.29, 0.717) is 17.3 Å². The molecule has 0 N–H and O–H groups in total. The van der Waals surface area contributed by atoms with Crippen LogP contribution in [0.2, 0.25) is 0 Å². The molecule has 6 aromatic rings. The molecule has 1 aliphatic heterocycles. The van der Waals surface area contributed by atoms with Crippen LogP contribution in [0.5, 0.6) is 11.6 Å². The molecule has 4 aromatic carbocycles. The molecular formula is C33H23N6OPt-3. The monoisotopic (exact) mass is 714 g/mol. The molecule has 1 aliphatic rings. The number of hydrogen-bond acceptors (Lipinski definition) is 6. The van der Waals surface area contributed by atoms with Crippen molar-refractivity contribution in [1.82, 2.24) is 20.0 Å². The fourth-order valence-corrected chi connectivity index (χ4v) is 4.83. The van der Waals surface area contributed by atoms with Gasteiger partial charge in [0.15, 0.2) is 0 Å². The van der Waals surface area contributed by atoms with Crippen LogP contribution in [0, 0.1) is 18.8 Å². The molecular weight excluding hydrogens is 691 g/mol. The van der Waals surface area contributed by atoms with E-state index in [9.17, 15) is 0 Å². The minimum absolute atomic E-state index is 0. The number of hydrogen-bond donors (Lipinski definition) is 0. The van der Waals surface area contributed by atoms with Crippen molar-refractivity contribution in [3.05, 3.63) is 134 Å². The zero-order valence-electron chi connectivity index (χ0n) is 22.0. The number of fused-ring (bicyclic) bond motifs is 1. The van der Waals surface area contributed by atoms with Crippen molar-refractivity contribution in [2.75, 3.05) is 16.8 Å². The Bertz CT molecular complexity index is 1790. The van der Waals surface area contributed by atoms with Crippen LogP contribution in [0.3, 0.4) is 0 Å². The van der Waals surface area contributed by atoms with Gasteiger partial charge in [-0.3, -0.25) is 4.98 Å². The second-order valence-corrected chi connectivity index (χ2v) is 9.28. The van der Waals surface area contributed by atoms with Gasteiger partial charge in [0.1, 0.15) is 5.88 Å².